The lowest BCUT2D eigenvalue weighted by Gasteiger charge is -2.16. The first kappa shape index (κ1) is 13.1. The van der Waals surface area contributed by atoms with Crippen LogP contribution in [0.1, 0.15) is 30.6 Å². The first-order valence-electron chi connectivity index (χ1n) is 4.36. The Morgan fingerprint density at radius 2 is 1.79 bits per heavy atom. The summed E-state index contributed by atoms with van der Waals surface area (Å²) in [5.41, 5.74) is 6.07. The molecule has 0 spiro atoms. The summed E-state index contributed by atoms with van der Waals surface area (Å²) in [6.45, 7) is 3.71. The molecular weight excluding hydrogens is 198 g/mol. The molecule has 0 atom stereocenters. The average Bonchev–Trinajstić information content (AvgIpc) is 2.03. The van der Waals surface area contributed by atoms with Gasteiger partial charge in [0.15, 0.2) is 5.78 Å². The van der Waals surface area contributed by atoms with Gasteiger partial charge in [-0.25, -0.2) is 0 Å². The van der Waals surface area contributed by atoms with Crippen molar-refractivity contribution in [3.05, 3.63) is 35.9 Å². The predicted octanol–water partition coefficient (Wildman–Crippen LogP) is 2.42. The average molecular weight is 214 g/mol. The van der Waals surface area contributed by atoms with Crippen molar-refractivity contribution in [2.45, 2.75) is 25.8 Å². The maximum Gasteiger partial charge on any atom is 0.164 e. The number of nitrogens with two attached hydrogens (primary N) is 1. The smallest absolute Gasteiger partial charge is 0.164 e. The van der Waals surface area contributed by atoms with Crippen LogP contribution in [0.4, 0.5) is 0 Å². The van der Waals surface area contributed by atoms with Gasteiger partial charge >= 0.3 is 0 Å². The molecule has 2 N–H and O–H groups in total. The molecule has 0 bridgehead atoms. The molecule has 0 amide bonds. The highest BCUT2D eigenvalue weighted by molar-refractivity contribution is 5.96. The Bertz CT molecular complexity index is 290. The molecule has 1 aromatic carbocycles. The SMILES string of the molecule is CC(C)(N)CC(=O)c1ccccc1.Cl. The van der Waals surface area contributed by atoms with Crippen molar-refractivity contribution in [2.75, 3.05) is 0 Å². The van der Waals surface area contributed by atoms with Crippen molar-refractivity contribution >= 4 is 18.2 Å². The van der Waals surface area contributed by atoms with Crippen LogP contribution < -0.4 is 5.73 Å². The van der Waals surface area contributed by atoms with Crippen LogP contribution in [-0.4, -0.2) is 11.3 Å². The van der Waals surface area contributed by atoms with Gasteiger partial charge in [-0.15, -0.1) is 12.4 Å². The molecule has 0 aliphatic rings. The van der Waals surface area contributed by atoms with Gasteiger partial charge in [0.2, 0.25) is 0 Å². The summed E-state index contributed by atoms with van der Waals surface area (Å²) in [5.74, 6) is 0.105. The van der Waals surface area contributed by atoms with Gasteiger partial charge in [0.25, 0.3) is 0 Å². The molecule has 14 heavy (non-hydrogen) atoms. The maximum absolute atomic E-state index is 11.6. The van der Waals surface area contributed by atoms with E-state index in [1.807, 2.05) is 44.2 Å². The van der Waals surface area contributed by atoms with Gasteiger partial charge in [0.1, 0.15) is 0 Å². The fourth-order valence-corrected chi connectivity index (χ4v) is 1.14. The van der Waals surface area contributed by atoms with E-state index in [0.717, 1.165) is 5.56 Å². The summed E-state index contributed by atoms with van der Waals surface area (Å²) in [6.07, 6.45) is 0.386. The number of halogens is 1. The van der Waals surface area contributed by atoms with Crippen LogP contribution in [0.2, 0.25) is 0 Å². The van der Waals surface area contributed by atoms with Crippen molar-refractivity contribution in [3.8, 4) is 0 Å². The van der Waals surface area contributed by atoms with Gasteiger partial charge in [0.05, 0.1) is 0 Å². The first-order chi connectivity index (χ1) is 5.99. The highest BCUT2D eigenvalue weighted by atomic mass is 35.5. The van der Waals surface area contributed by atoms with E-state index >= 15 is 0 Å². The third-order valence-electron chi connectivity index (χ3n) is 1.71. The Labute approximate surface area is 90.9 Å². The quantitative estimate of drug-likeness (QED) is 0.784. The van der Waals surface area contributed by atoms with Gasteiger partial charge in [0, 0.05) is 17.5 Å². The summed E-state index contributed by atoms with van der Waals surface area (Å²) in [5, 5.41) is 0. The van der Waals surface area contributed by atoms with E-state index in [9.17, 15) is 4.79 Å². The molecule has 0 aromatic heterocycles. The topological polar surface area (TPSA) is 43.1 Å². The summed E-state index contributed by atoms with van der Waals surface area (Å²) in [6, 6.07) is 9.24. The minimum Gasteiger partial charge on any atom is -0.325 e. The van der Waals surface area contributed by atoms with Gasteiger partial charge in [-0.3, -0.25) is 4.79 Å². The molecule has 1 aromatic rings. The summed E-state index contributed by atoms with van der Waals surface area (Å²) < 4.78 is 0. The van der Waals surface area contributed by atoms with Crippen LogP contribution in [0, 0.1) is 0 Å². The largest absolute Gasteiger partial charge is 0.325 e. The van der Waals surface area contributed by atoms with E-state index in [2.05, 4.69) is 0 Å². The number of Topliss-reactive ketones (excluding diaryl/α,β-unsaturated/α-hetero) is 1. The number of rotatable bonds is 3. The van der Waals surface area contributed by atoms with E-state index in [-0.39, 0.29) is 18.2 Å². The fourth-order valence-electron chi connectivity index (χ4n) is 1.14. The van der Waals surface area contributed by atoms with Crippen molar-refractivity contribution < 1.29 is 4.79 Å². The molecule has 1 rings (SSSR count). The minimum atomic E-state index is -0.424. The van der Waals surface area contributed by atoms with E-state index in [0.29, 0.717) is 6.42 Å². The lowest BCUT2D eigenvalue weighted by Crippen LogP contribution is -2.34. The Kier molecular flexibility index (Phi) is 4.81. The van der Waals surface area contributed by atoms with Crippen LogP contribution in [-0.2, 0) is 0 Å². The van der Waals surface area contributed by atoms with Crippen molar-refractivity contribution in [2.24, 2.45) is 5.73 Å². The third-order valence-corrected chi connectivity index (χ3v) is 1.71. The van der Waals surface area contributed by atoms with Gasteiger partial charge in [-0.1, -0.05) is 30.3 Å². The zero-order valence-electron chi connectivity index (χ0n) is 8.49. The molecule has 0 heterocycles. The normalized spacial score (nSPS) is 10.5. The molecule has 0 aliphatic heterocycles. The highest BCUT2D eigenvalue weighted by Gasteiger charge is 2.16. The van der Waals surface area contributed by atoms with Crippen LogP contribution >= 0.6 is 12.4 Å². The van der Waals surface area contributed by atoms with Crippen molar-refractivity contribution in [3.63, 3.8) is 0 Å². The highest BCUT2D eigenvalue weighted by Crippen LogP contribution is 2.10. The number of carbonyl (C=O) groups excluding carboxylic acids is 1. The third kappa shape index (κ3) is 4.40. The van der Waals surface area contributed by atoms with Crippen LogP contribution in [0.3, 0.4) is 0 Å². The zero-order chi connectivity index (χ0) is 9.90. The molecule has 3 heteroatoms. The second kappa shape index (κ2) is 5.13. The zero-order valence-corrected chi connectivity index (χ0v) is 9.30. The molecule has 0 radical (unpaired) electrons. The fraction of sp³-hybridized carbons (Fsp3) is 0.364. The van der Waals surface area contributed by atoms with Crippen molar-refractivity contribution in [1.82, 2.24) is 0 Å². The second-order valence-corrected chi connectivity index (χ2v) is 3.95. The molecule has 0 saturated carbocycles. The summed E-state index contributed by atoms with van der Waals surface area (Å²) >= 11 is 0. The molecule has 0 unspecified atom stereocenters. The lowest BCUT2D eigenvalue weighted by molar-refractivity contribution is 0.0960. The van der Waals surface area contributed by atoms with Gasteiger partial charge in [-0.05, 0) is 13.8 Å². The molecule has 0 fully saturated rings. The number of hydrogen-bond acceptors (Lipinski definition) is 2. The number of hydrogen-bond donors (Lipinski definition) is 1. The van der Waals surface area contributed by atoms with E-state index in [4.69, 9.17) is 5.73 Å². The number of ketones is 1. The van der Waals surface area contributed by atoms with E-state index in [1.54, 1.807) is 0 Å². The molecule has 0 aliphatic carbocycles. The van der Waals surface area contributed by atoms with Crippen LogP contribution in [0.15, 0.2) is 30.3 Å². The standard InChI is InChI=1S/C11H15NO.ClH/c1-11(2,12)8-10(13)9-6-4-3-5-7-9;/h3-7H,8,12H2,1-2H3;1H. The lowest BCUT2D eigenvalue weighted by atomic mass is 9.95. The Morgan fingerprint density at radius 3 is 2.21 bits per heavy atom. The van der Waals surface area contributed by atoms with E-state index in [1.165, 1.54) is 0 Å². The van der Waals surface area contributed by atoms with Crippen LogP contribution in [0.25, 0.3) is 0 Å². The second-order valence-electron chi connectivity index (χ2n) is 3.95. The monoisotopic (exact) mass is 213 g/mol. The molecular formula is C11H16ClNO. The maximum atomic E-state index is 11.6. The minimum absolute atomic E-state index is 0. The molecule has 2 nitrogen and oxygen atoms in total. The Hall–Kier alpha value is -0.860. The number of carbonyl (C=O) groups is 1. The van der Waals surface area contributed by atoms with Crippen LogP contribution in [0.5, 0.6) is 0 Å². The van der Waals surface area contributed by atoms with E-state index < -0.39 is 5.54 Å². The molecule has 0 saturated heterocycles. The predicted molar refractivity (Wildman–Crippen MR) is 60.9 cm³/mol. The summed E-state index contributed by atoms with van der Waals surface area (Å²) in [7, 11) is 0. The number of benzene rings is 1. The molecule has 78 valence electrons. The van der Waals surface area contributed by atoms with Gasteiger partial charge in [-0.2, -0.15) is 0 Å². The Balaban J connectivity index is 0.00000169. The summed E-state index contributed by atoms with van der Waals surface area (Å²) in [4.78, 5) is 11.6. The van der Waals surface area contributed by atoms with Crippen molar-refractivity contribution in [1.29, 1.82) is 0 Å². The first-order valence-corrected chi connectivity index (χ1v) is 4.36. The Morgan fingerprint density at radius 1 is 1.29 bits per heavy atom. The van der Waals surface area contributed by atoms with Gasteiger partial charge < -0.3 is 5.73 Å².